The Bertz CT molecular complexity index is 624. The molecule has 3 N–H and O–H groups in total. The Kier molecular flexibility index (Phi) is 9.03. The molecule has 10 nitrogen and oxygen atoms in total. The van der Waals surface area contributed by atoms with Crippen LogP contribution in [0.15, 0.2) is 18.2 Å². The van der Waals surface area contributed by atoms with Crippen LogP contribution in [0.2, 0.25) is 0 Å². The standard InChI is InChI=1S/C15H23N3O3.C2H2O4/c1-17-7-9-18(10-8-17)11-14(19)16-15-12(20-2)5-4-6-13(15)21-3;3-1(4)2(5)6/h4-6H,7-11H2,1-3H3,(H,16,19);(H,3,4)(H,5,6). The van der Waals surface area contributed by atoms with E-state index < -0.39 is 11.9 Å². The van der Waals surface area contributed by atoms with Gasteiger partial charge in [-0.05, 0) is 19.2 Å². The number of carboxylic acid groups (broad SMARTS) is 2. The fraction of sp³-hybridized carbons (Fsp3) is 0.471. The number of anilines is 1. The predicted octanol–water partition coefficient (Wildman–Crippen LogP) is 0.0453. The first kappa shape index (κ1) is 22.2. The normalized spacial score (nSPS) is 14.5. The van der Waals surface area contributed by atoms with Crippen LogP contribution in [0.25, 0.3) is 0 Å². The van der Waals surface area contributed by atoms with Crippen LogP contribution in [0, 0.1) is 0 Å². The van der Waals surface area contributed by atoms with Crippen LogP contribution in [0.4, 0.5) is 5.69 Å². The Labute approximate surface area is 157 Å². The van der Waals surface area contributed by atoms with Crippen molar-refractivity contribution in [3.63, 3.8) is 0 Å². The first-order chi connectivity index (χ1) is 12.8. The summed E-state index contributed by atoms with van der Waals surface area (Å²) in [6.07, 6.45) is 0. The molecule has 10 heteroatoms. The lowest BCUT2D eigenvalue weighted by atomic mass is 10.2. The van der Waals surface area contributed by atoms with E-state index in [0.29, 0.717) is 23.7 Å². The largest absolute Gasteiger partial charge is 0.494 e. The first-order valence-electron chi connectivity index (χ1n) is 8.16. The lowest BCUT2D eigenvalue weighted by Gasteiger charge is -2.31. The zero-order chi connectivity index (χ0) is 20.4. The minimum absolute atomic E-state index is 0.0534. The van der Waals surface area contributed by atoms with Crippen molar-refractivity contribution >= 4 is 23.5 Å². The number of aliphatic carboxylic acids is 2. The van der Waals surface area contributed by atoms with Gasteiger partial charge in [0, 0.05) is 26.2 Å². The number of nitrogens with one attached hydrogen (secondary N) is 1. The molecule has 150 valence electrons. The summed E-state index contributed by atoms with van der Waals surface area (Å²) >= 11 is 0. The highest BCUT2D eigenvalue weighted by Gasteiger charge is 2.18. The third-order valence-corrected chi connectivity index (χ3v) is 3.84. The van der Waals surface area contributed by atoms with E-state index >= 15 is 0 Å². The van der Waals surface area contributed by atoms with Gasteiger partial charge in [0.25, 0.3) is 0 Å². The summed E-state index contributed by atoms with van der Waals surface area (Å²) < 4.78 is 10.6. The van der Waals surface area contributed by atoms with E-state index in [4.69, 9.17) is 29.3 Å². The SMILES string of the molecule is COc1cccc(OC)c1NC(=O)CN1CCN(C)CC1.O=C(O)C(=O)O. The molecule has 1 fully saturated rings. The quantitative estimate of drug-likeness (QED) is 0.604. The van der Waals surface area contributed by atoms with Crippen molar-refractivity contribution in [2.24, 2.45) is 0 Å². The predicted molar refractivity (Wildman–Crippen MR) is 97.4 cm³/mol. The maximum absolute atomic E-state index is 12.2. The van der Waals surface area contributed by atoms with Crippen molar-refractivity contribution in [2.45, 2.75) is 0 Å². The molecular weight excluding hydrogens is 358 g/mol. The van der Waals surface area contributed by atoms with Crippen molar-refractivity contribution in [1.29, 1.82) is 0 Å². The lowest BCUT2D eigenvalue weighted by Crippen LogP contribution is -2.47. The summed E-state index contributed by atoms with van der Waals surface area (Å²) in [5.41, 5.74) is 0.585. The third kappa shape index (κ3) is 7.50. The zero-order valence-corrected chi connectivity index (χ0v) is 15.6. The Hall–Kier alpha value is -2.85. The number of rotatable bonds is 5. The number of carbonyl (C=O) groups is 3. The third-order valence-electron chi connectivity index (χ3n) is 3.84. The molecule has 1 amide bonds. The van der Waals surface area contributed by atoms with E-state index in [1.54, 1.807) is 26.4 Å². The van der Waals surface area contributed by atoms with Crippen molar-refractivity contribution in [1.82, 2.24) is 9.80 Å². The van der Waals surface area contributed by atoms with Crippen LogP contribution in [0.5, 0.6) is 11.5 Å². The van der Waals surface area contributed by atoms with Gasteiger partial charge in [0.05, 0.1) is 20.8 Å². The fourth-order valence-electron chi connectivity index (χ4n) is 2.36. The number of nitrogens with zero attached hydrogens (tertiary/aromatic N) is 2. The smallest absolute Gasteiger partial charge is 0.414 e. The Morgan fingerprint density at radius 2 is 1.48 bits per heavy atom. The molecule has 1 aromatic carbocycles. The number of para-hydroxylation sites is 1. The van der Waals surface area contributed by atoms with Crippen molar-refractivity contribution in [3.8, 4) is 11.5 Å². The first-order valence-corrected chi connectivity index (χ1v) is 8.16. The molecule has 1 aromatic rings. The summed E-state index contributed by atoms with van der Waals surface area (Å²) in [7, 11) is 5.24. The molecule has 27 heavy (non-hydrogen) atoms. The minimum atomic E-state index is -1.82. The van der Waals surface area contributed by atoms with Gasteiger partial charge in [-0.25, -0.2) is 9.59 Å². The number of amides is 1. The van der Waals surface area contributed by atoms with Crippen molar-refractivity contribution < 1.29 is 34.1 Å². The Morgan fingerprint density at radius 1 is 1.00 bits per heavy atom. The van der Waals surface area contributed by atoms with Gasteiger partial charge in [-0.2, -0.15) is 0 Å². The van der Waals surface area contributed by atoms with Gasteiger partial charge in [0.15, 0.2) is 0 Å². The molecule has 0 aliphatic carbocycles. The molecule has 0 unspecified atom stereocenters. The number of likely N-dealkylation sites (N-methyl/N-ethyl adjacent to an activating group) is 1. The average molecular weight is 383 g/mol. The fourth-order valence-corrected chi connectivity index (χ4v) is 2.36. The second-order valence-corrected chi connectivity index (χ2v) is 5.78. The molecular formula is C17H25N3O7. The summed E-state index contributed by atoms with van der Waals surface area (Å²) in [5, 5.41) is 17.7. The summed E-state index contributed by atoms with van der Waals surface area (Å²) in [6.45, 7) is 4.19. The van der Waals surface area contributed by atoms with Crippen LogP contribution in [-0.2, 0) is 14.4 Å². The number of benzene rings is 1. The molecule has 0 saturated carbocycles. The molecule has 2 rings (SSSR count). The monoisotopic (exact) mass is 383 g/mol. The number of hydrogen-bond donors (Lipinski definition) is 3. The topological polar surface area (TPSA) is 129 Å². The Morgan fingerprint density at radius 3 is 1.89 bits per heavy atom. The summed E-state index contributed by atoms with van der Waals surface area (Å²) in [6, 6.07) is 5.43. The van der Waals surface area contributed by atoms with E-state index in [2.05, 4.69) is 22.2 Å². The number of methoxy groups -OCH3 is 2. The number of carboxylic acids is 2. The summed E-state index contributed by atoms with van der Waals surface area (Å²) in [4.78, 5) is 34.8. The van der Waals surface area contributed by atoms with E-state index in [1.165, 1.54) is 0 Å². The van der Waals surface area contributed by atoms with Gasteiger partial charge >= 0.3 is 11.9 Å². The lowest BCUT2D eigenvalue weighted by molar-refractivity contribution is -0.159. The number of ether oxygens (including phenoxy) is 2. The second kappa shape index (κ2) is 11.0. The van der Waals surface area contributed by atoms with Gasteiger partial charge in [-0.15, -0.1) is 0 Å². The van der Waals surface area contributed by atoms with Gasteiger partial charge in [-0.3, -0.25) is 9.69 Å². The maximum Gasteiger partial charge on any atom is 0.414 e. The number of hydrogen-bond acceptors (Lipinski definition) is 7. The molecule has 0 bridgehead atoms. The average Bonchev–Trinajstić information content (AvgIpc) is 2.64. The van der Waals surface area contributed by atoms with E-state index in [1.807, 2.05) is 6.07 Å². The highest BCUT2D eigenvalue weighted by atomic mass is 16.5. The van der Waals surface area contributed by atoms with Crippen LogP contribution < -0.4 is 14.8 Å². The molecule has 1 aliphatic heterocycles. The van der Waals surface area contributed by atoms with Gasteiger partial charge in [-0.1, -0.05) is 6.07 Å². The molecule has 0 radical (unpaired) electrons. The van der Waals surface area contributed by atoms with Gasteiger partial charge in [0.1, 0.15) is 17.2 Å². The second-order valence-electron chi connectivity index (χ2n) is 5.78. The zero-order valence-electron chi connectivity index (χ0n) is 15.6. The maximum atomic E-state index is 12.2. The van der Waals surface area contributed by atoms with Crippen LogP contribution in [-0.4, -0.2) is 91.8 Å². The van der Waals surface area contributed by atoms with E-state index in [0.717, 1.165) is 26.2 Å². The van der Waals surface area contributed by atoms with Crippen LogP contribution in [0.3, 0.4) is 0 Å². The highest BCUT2D eigenvalue weighted by Crippen LogP contribution is 2.33. The molecule has 1 aliphatic rings. The summed E-state index contributed by atoms with van der Waals surface area (Å²) in [5.74, 6) is -2.51. The minimum Gasteiger partial charge on any atom is -0.494 e. The molecule has 0 atom stereocenters. The van der Waals surface area contributed by atoms with Gasteiger partial charge < -0.3 is 29.9 Å². The van der Waals surface area contributed by atoms with Crippen LogP contribution >= 0.6 is 0 Å². The molecule has 0 spiro atoms. The molecule has 1 heterocycles. The molecule has 0 aromatic heterocycles. The molecule has 1 saturated heterocycles. The van der Waals surface area contributed by atoms with Crippen molar-refractivity contribution in [3.05, 3.63) is 18.2 Å². The van der Waals surface area contributed by atoms with Crippen molar-refractivity contribution in [2.75, 3.05) is 59.3 Å². The number of carbonyl (C=O) groups excluding carboxylic acids is 1. The van der Waals surface area contributed by atoms with E-state index in [-0.39, 0.29) is 5.91 Å². The number of piperazine rings is 1. The highest BCUT2D eigenvalue weighted by molar-refractivity contribution is 6.27. The van der Waals surface area contributed by atoms with Crippen LogP contribution in [0.1, 0.15) is 0 Å². The van der Waals surface area contributed by atoms with E-state index in [9.17, 15) is 4.79 Å². The van der Waals surface area contributed by atoms with Gasteiger partial charge in [0.2, 0.25) is 5.91 Å². The Balaban J connectivity index is 0.000000527.